The van der Waals surface area contributed by atoms with Gasteiger partial charge in [-0.15, -0.1) is 0 Å². The van der Waals surface area contributed by atoms with Gasteiger partial charge < -0.3 is 10.1 Å². The minimum Gasteiger partial charge on any atom is -0.438 e. The molecule has 0 atom stereocenters. The van der Waals surface area contributed by atoms with E-state index in [-0.39, 0.29) is 0 Å². The molecule has 90 valence electrons. The van der Waals surface area contributed by atoms with Gasteiger partial charge in [-0.2, -0.15) is 5.10 Å². The average Bonchev–Trinajstić information content (AvgIpc) is 2.58. The molecule has 0 aliphatic rings. The highest BCUT2D eigenvalue weighted by molar-refractivity contribution is 5.45. The number of anilines is 1. The molecule has 0 radical (unpaired) electrons. The minimum atomic E-state index is 0.700. The molecule has 0 bridgehead atoms. The van der Waals surface area contributed by atoms with Crippen molar-refractivity contribution in [2.75, 3.05) is 11.9 Å². The monoisotopic (exact) mass is 232 g/mol. The highest BCUT2D eigenvalue weighted by atomic mass is 16.5. The summed E-state index contributed by atoms with van der Waals surface area (Å²) < 4.78 is 7.42. The Labute approximate surface area is 100 Å². The zero-order valence-corrected chi connectivity index (χ0v) is 10.3. The molecular formula is C12H16N4O. The van der Waals surface area contributed by atoms with E-state index in [0.29, 0.717) is 11.6 Å². The van der Waals surface area contributed by atoms with E-state index in [4.69, 9.17) is 4.74 Å². The molecule has 0 saturated heterocycles. The van der Waals surface area contributed by atoms with Crippen molar-refractivity contribution in [3.8, 4) is 11.6 Å². The van der Waals surface area contributed by atoms with Crippen molar-refractivity contribution in [3.63, 3.8) is 0 Å². The molecule has 2 aromatic rings. The van der Waals surface area contributed by atoms with Gasteiger partial charge in [0.15, 0.2) is 0 Å². The standard InChI is InChI=1S/C12H16N4O/c1-4-14-10-6-11(8-13-7-10)17-12-5-9(2)15-16(12)3/h5-8,14H,4H2,1-3H3. The predicted octanol–water partition coefficient (Wildman–Crippen LogP) is 2.35. The molecule has 0 fully saturated rings. The van der Waals surface area contributed by atoms with Crippen LogP contribution in [0.15, 0.2) is 24.5 Å². The molecule has 0 aromatic carbocycles. The van der Waals surface area contributed by atoms with Gasteiger partial charge in [0.1, 0.15) is 5.75 Å². The number of aryl methyl sites for hydroxylation is 2. The lowest BCUT2D eigenvalue weighted by atomic mass is 10.4. The lowest BCUT2D eigenvalue weighted by molar-refractivity contribution is 0.429. The van der Waals surface area contributed by atoms with Crippen LogP contribution >= 0.6 is 0 Å². The van der Waals surface area contributed by atoms with Crippen LogP contribution in [0.2, 0.25) is 0 Å². The molecule has 0 spiro atoms. The van der Waals surface area contributed by atoms with Gasteiger partial charge in [0.05, 0.1) is 23.8 Å². The predicted molar refractivity (Wildman–Crippen MR) is 66.4 cm³/mol. The minimum absolute atomic E-state index is 0.700. The third-order valence-corrected chi connectivity index (χ3v) is 2.28. The third-order valence-electron chi connectivity index (χ3n) is 2.28. The van der Waals surface area contributed by atoms with E-state index < -0.39 is 0 Å². The number of rotatable bonds is 4. The molecule has 0 aliphatic heterocycles. The van der Waals surface area contributed by atoms with E-state index in [0.717, 1.165) is 17.9 Å². The van der Waals surface area contributed by atoms with Crippen LogP contribution in [0, 0.1) is 6.92 Å². The second kappa shape index (κ2) is 4.86. The number of hydrogen-bond acceptors (Lipinski definition) is 4. The fourth-order valence-electron chi connectivity index (χ4n) is 1.58. The first kappa shape index (κ1) is 11.4. The Morgan fingerprint density at radius 1 is 1.35 bits per heavy atom. The summed E-state index contributed by atoms with van der Waals surface area (Å²) in [5.74, 6) is 1.41. The Morgan fingerprint density at radius 3 is 2.82 bits per heavy atom. The van der Waals surface area contributed by atoms with E-state index in [1.165, 1.54) is 0 Å². The SMILES string of the molecule is CCNc1cncc(Oc2cc(C)nn2C)c1. The summed E-state index contributed by atoms with van der Waals surface area (Å²) >= 11 is 0. The molecule has 0 aliphatic carbocycles. The fourth-order valence-corrected chi connectivity index (χ4v) is 1.58. The summed E-state index contributed by atoms with van der Waals surface area (Å²) in [4.78, 5) is 4.12. The van der Waals surface area contributed by atoms with Gasteiger partial charge in [0.25, 0.3) is 0 Å². The molecule has 2 aromatic heterocycles. The largest absolute Gasteiger partial charge is 0.438 e. The zero-order chi connectivity index (χ0) is 12.3. The number of hydrogen-bond donors (Lipinski definition) is 1. The molecule has 5 heteroatoms. The van der Waals surface area contributed by atoms with Crippen LogP contribution in [0.1, 0.15) is 12.6 Å². The van der Waals surface area contributed by atoms with Gasteiger partial charge in [0, 0.05) is 25.7 Å². The molecule has 2 rings (SSSR count). The summed E-state index contributed by atoms with van der Waals surface area (Å²) in [5.41, 5.74) is 1.88. The molecule has 0 unspecified atom stereocenters. The number of nitrogens with one attached hydrogen (secondary N) is 1. The Morgan fingerprint density at radius 2 is 2.18 bits per heavy atom. The molecule has 0 saturated carbocycles. The molecule has 2 heterocycles. The van der Waals surface area contributed by atoms with E-state index >= 15 is 0 Å². The number of aromatic nitrogens is 3. The van der Waals surface area contributed by atoms with Crippen molar-refractivity contribution in [1.29, 1.82) is 0 Å². The van der Waals surface area contributed by atoms with Crippen LogP contribution in [-0.4, -0.2) is 21.3 Å². The van der Waals surface area contributed by atoms with Crippen molar-refractivity contribution >= 4 is 5.69 Å². The Bertz CT molecular complexity index is 507. The summed E-state index contributed by atoms with van der Waals surface area (Å²) in [5, 5.41) is 7.41. The second-order valence-electron chi connectivity index (χ2n) is 3.79. The molecule has 1 N–H and O–H groups in total. The van der Waals surface area contributed by atoms with Crippen LogP contribution < -0.4 is 10.1 Å². The van der Waals surface area contributed by atoms with Gasteiger partial charge in [-0.25, -0.2) is 4.68 Å². The van der Waals surface area contributed by atoms with E-state index in [1.807, 2.05) is 33.0 Å². The second-order valence-corrected chi connectivity index (χ2v) is 3.79. The average molecular weight is 232 g/mol. The van der Waals surface area contributed by atoms with Crippen molar-refractivity contribution < 1.29 is 4.74 Å². The normalized spacial score (nSPS) is 10.3. The van der Waals surface area contributed by atoms with Crippen molar-refractivity contribution in [1.82, 2.24) is 14.8 Å². The maximum atomic E-state index is 5.71. The van der Waals surface area contributed by atoms with Gasteiger partial charge in [-0.05, 0) is 13.8 Å². The van der Waals surface area contributed by atoms with Crippen LogP contribution in [0.4, 0.5) is 5.69 Å². The van der Waals surface area contributed by atoms with E-state index in [1.54, 1.807) is 17.1 Å². The number of ether oxygens (including phenoxy) is 1. The van der Waals surface area contributed by atoms with Gasteiger partial charge in [-0.3, -0.25) is 4.98 Å². The quantitative estimate of drug-likeness (QED) is 0.879. The smallest absolute Gasteiger partial charge is 0.217 e. The lowest BCUT2D eigenvalue weighted by Gasteiger charge is -2.07. The Hall–Kier alpha value is -2.04. The van der Waals surface area contributed by atoms with Gasteiger partial charge >= 0.3 is 0 Å². The highest BCUT2D eigenvalue weighted by Gasteiger charge is 2.05. The first-order valence-corrected chi connectivity index (χ1v) is 5.56. The molecular weight excluding hydrogens is 216 g/mol. The highest BCUT2D eigenvalue weighted by Crippen LogP contribution is 2.23. The number of pyridine rings is 1. The topological polar surface area (TPSA) is 52.0 Å². The maximum Gasteiger partial charge on any atom is 0.217 e. The van der Waals surface area contributed by atoms with Crippen LogP contribution in [0.5, 0.6) is 11.6 Å². The van der Waals surface area contributed by atoms with Crippen molar-refractivity contribution in [2.45, 2.75) is 13.8 Å². The zero-order valence-electron chi connectivity index (χ0n) is 10.3. The first-order valence-electron chi connectivity index (χ1n) is 5.56. The first-order chi connectivity index (χ1) is 8.19. The van der Waals surface area contributed by atoms with E-state index in [9.17, 15) is 0 Å². The molecule has 17 heavy (non-hydrogen) atoms. The number of nitrogens with zero attached hydrogens (tertiary/aromatic N) is 3. The van der Waals surface area contributed by atoms with Gasteiger partial charge in [0.2, 0.25) is 5.88 Å². The lowest BCUT2D eigenvalue weighted by Crippen LogP contribution is -1.98. The third kappa shape index (κ3) is 2.75. The van der Waals surface area contributed by atoms with Crippen molar-refractivity contribution in [3.05, 3.63) is 30.2 Å². The van der Waals surface area contributed by atoms with Gasteiger partial charge in [-0.1, -0.05) is 0 Å². The van der Waals surface area contributed by atoms with Crippen molar-refractivity contribution in [2.24, 2.45) is 7.05 Å². The Balaban J connectivity index is 2.18. The van der Waals surface area contributed by atoms with Crippen LogP contribution in [0.3, 0.4) is 0 Å². The molecule has 0 amide bonds. The summed E-state index contributed by atoms with van der Waals surface area (Å²) in [7, 11) is 1.85. The molecule has 5 nitrogen and oxygen atoms in total. The van der Waals surface area contributed by atoms with Crippen LogP contribution in [0.25, 0.3) is 0 Å². The van der Waals surface area contributed by atoms with Crippen LogP contribution in [-0.2, 0) is 7.05 Å². The summed E-state index contributed by atoms with van der Waals surface area (Å²) in [6.45, 7) is 4.83. The summed E-state index contributed by atoms with van der Waals surface area (Å²) in [6.07, 6.45) is 3.45. The summed E-state index contributed by atoms with van der Waals surface area (Å²) in [6, 6.07) is 3.80. The Kier molecular flexibility index (Phi) is 3.27. The van der Waals surface area contributed by atoms with E-state index in [2.05, 4.69) is 15.4 Å². The maximum absolute atomic E-state index is 5.71. The fraction of sp³-hybridized carbons (Fsp3) is 0.333.